The molecule has 0 unspecified atom stereocenters. The number of ether oxygens (including phenoxy) is 1. The highest BCUT2D eigenvalue weighted by atomic mass is 32.2. The highest BCUT2D eigenvalue weighted by Gasteiger charge is 2.23. The first-order valence-corrected chi connectivity index (χ1v) is 12.4. The topological polar surface area (TPSA) is 173 Å². The van der Waals surface area contributed by atoms with Crippen LogP contribution in [0.3, 0.4) is 0 Å². The average Bonchev–Trinajstić information content (AvgIpc) is 2.73. The molecule has 0 aromatic heterocycles. The van der Waals surface area contributed by atoms with Crippen molar-refractivity contribution >= 4 is 49.7 Å². The predicted molar refractivity (Wildman–Crippen MR) is 127 cm³/mol. The van der Waals surface area contributed by atoms with Crippen LogP contribution >= 0.6 is 0 Å². The zero-order chi connectivity index (χ0) is 25.1. The normalized spacial score (nSPS) is 12.0. The third kappa shape index (κ3) is 5.99. The molecule has 0 aliphatic heterocycles. The van der Waals surface area contributed by atoms with Gasteiger partial charge in [0.15, 0.2) is 0 Å². The van der Waals surface area contributed by atoms with E-state index < -0.39 is 35.9 Å². The minimum Gasteiger partial charge on any atom is -0.457 e. The van der Waals surface area contributed by atoms with Crippen LogP contribution in [0.25, 0.3) is 12.2 Å². The van der Waals surface area contributed by atoms with Crippen LogP contribution in [-0.2, 0) is 25.0 Å². The van der Waals surface area contributed by atoms with Crippen molar-refractivity contribution in [2.24, 2.45) is 0 Å². The summed E-state index contributed by atoms with van der Waals surface area (Å²) in [6.45, 7) is 1.13. The SMILES string of the molecule is CC(=O)Nc1c(N)ccc(C=Cc2ccc(Oc3ccccc3)cc2S(=O)(=O)O)c1S(=O)(=O)O. The van der Waals surface area contributed by atoms with Crippen LogP contribution in [0.4, 0.5) is 11.4 Å². The van der Waals surface area contributed by atoms with Crippen LogP contribution in [0.5, 0.6) is 11.5 Å². The van der Waals surface area contributed by atoms with Gasteiger partial charge in [0, 0.05) is 13.0 Å². The summed E-state index contributed by atoms with van der Waals surface area (Å²) < 4.78 is 73.0. The number of hydrogen-bond donors (Lipinski definition) is 4. The minimum absolute atomic E-state index is 0.00195. The minimum atomic E-state index is -4.85. The van der Waals surface area contributed by atoms with Crippen molar-refractivity contribution in [3.63, 3.8) is 0 Å². The highest BCUT2D eigenvalue weighted by Crippen LogP contribution is 2.33. The largest absolute Gasteiger partial charge is 0.457 e. The smallest absolute Gasteiger partial charge is 0.297 e. The third-order valence-electron chi connectivity index (χ3n) is 4.46. The van der Waals surface area contributed by atoms with Crippen LogP contribution in [0.1, 0.15) is 18.1 Å². The van der Waals surface area contributed by atoms with Gasteiger partial charge in [-0.3, -0.25) is 13.9 Å². The van der Waals surface area contributed by atoms with Gasteiger partial charge in [-0.1, -0.05) is 36.4 Å². The number of anilines is 2. The molecule has 0 saturated carbocycles. The second-order valence-corrected chi connectivity index (χ2v) is 9.78. The molecule has 0 bridgehead atoms. The molecular formula is C22H20N2O8S2. The third-order valence-corrected chi connectivity index (χ3v) is 6.33. The average molecular weight is 505 g/mol. The standard InChI is InChI=1S/C22H20N2O8S2/c1-14(25)24-21-19(23)12-10-16(22(21)34(29,30)31)8-7-15-9-11-18(13-20(15)33(26,27)28)32-17-5-3-2-4-6-17/h2-13H,23H2,1H3,(H,24,25)(H,26,27,28)(H,29,30,31). The van der Waals surface area contributed by atoms with Gasteiger partial charge < -0.3 is 15.8 Å². The van der Waals surface area contributed by atoms with Crippen molar-refractivity contribution in [3.05, 3.63) is 71.8 Å². The van der Waals surface area contributed by atoms with Crippen molar-refractivity contribution in [2.75, 3.05) is 11.1 Å². The molecule has 12 heteroatoms. The Hall–Kier alpha value is -3.71. The van der Waals surface area contributed by atoms with E-state index in [0.29, 0.717) is 5.75 Å². The van der Waals surface area contributed by atoms with Crippen LogP contribution < -0.4 is 15.8 Å². The maximum Gasteiger partial charge on any atom is 0.297 e. The Morgan fingerprint density at radius 2 is 1.50 bits per heavy atom. The molecule has 0 spiro atoms. The van der Waals surface area contributed by atoms with Gasteiger partial charge in [0.05, 0.1) is 11.4 Å². The molecular weight excluding hydrogens is 484 g/mol. The number of nitrogen functional groups attached to an aromatic ring is 1. The van der Waals surface area contributed by atoms with Gasteiger partial charge in [-0.05, 0) is 41.5 Å². The Balaban J connectivity index is 2.10. The number of amides is 1. The van der Waals surface area contributed by atoms with Gasteiger partial charge in [0.2, 0.25) is 5.91 Å². The molecule has 0 aliphatic carbocycles. The van der Waals surface area contributed by atoms with Gasteiger partial charge in [0.25, 0.3) is 20.2 Å². The fourth-order valence-corrected chi connectivity index (χ4v) is 4.63. The molecule has 10 nitrogen and oxygen atoms in total. The molecule has 3 aromatic rings. The van der Waals surface area contributed by atoms with E-state index in [1.54, 1.807) is 30.3 Å². The fourth-order valence-electron chi connectivity index (χ4n) is 3.07. The summed E-state index contributed by atoms with van der Waals surface area (Å²) >= 11 is 0. The van der Waals surface area contributed by atoms with Crippen LogP contribution in [0.15, 0.2) is 70.5 Å². The Kier molecular flexibility index (Phi) is 7.07. The lowest BCUT2D eigenvalue weighted by molar-refractivity contribution is -0.114. The highest BCUT2D eigenvalue weighted by molar-refractivity contribution is 7.86. The van der Waals surface area contributed by atoms with Gasteiger partial charge in [-0.15, -0.1) is 0 Å². The first kappa shape index (κ1) is 24.9. The maximum absolute atomic E-state index is 12.0. The quantitative estimate of drug-likeness (QED) is 0.213. The van der Waals surface area contributed by atoms with E-state index in [1.165, 1.54) is 36.4 Å². The zero-order valence-corrected chi connectivity index (χ0v) is 19.3. The number of nitrogens with one attached hydrogen (secondary N) is 1. The maximum atomic E-state index is 12.0. The number of carbonyl (C=O) groups is 1. The monoisotopic (exact) mass is 504 g/mol. The summed E-state index contributed by atoms with van der Waals surface area (Å²) in [4.78, 5) is 10.3. The first-order chi connectivity index (χ1) is 15.9. The number of nitrogens with two attached hydrogens (primary N) is 1. The second kappa shape index (κ2) is 9.65. The molecule has 0 fully saturated rings. The Morgan fingerprint density at radius 3 is 2.09 bits per heavy atom. The van der Waals surface area contributed by atoms with Crippen molar-refractivity contribution < 1.29 is 35.5 Å². The van der Waals surface area contributed by atoms with E-state index in [2.05, 4.69) is 5.32 Å². The molecule has 3 aromatic carbocycles. The molecule has 178 valence electrons. The van der Waals surface area contributed by atoms with Crippen molar-refractivity contribution in [1.29, 1.82) is 0 Å². The number of benzene rings is 3. The van der Waals surface area contributed by atoms with Gasteiger partial charge in [0.1, 0.15) is 21.3 Å². The zero-order valence-electron chi connectivity index (χ0n) is 17.7. The summed E-state index contributed by atoms with van der Waals surface area (Å²) in [5.41, 5.74) is 5.24. The Bertz CT molecular complexity index is 1480. The lowest BCUT2D eigenvalue weighted by atomic mass is 10.1. The molecule has 0 heterocycles. The molecule has 0 radical (unpaired) electrons. The van der Waals surface area contributed by atoms with Gasteiger partial charge in [-0.25, -0.2) is 0 Å². The van der Waals surface area contributed by atoms with E-state index in [-0.39, 0.29) is 28.3 Å². The van der Waals surface area contributed by atoms with Gasteiger partial charge >= 0.3 is 0 Å². The number of rotatable bonds is 7. The van der Waals surface area contributed by atoms with Crippen LogP contribution in [-0.4, -0.2) is 31.8 Å². The molecule has 0 atom stereocenters. The summed E-state index contributed by atoms with van der Waals surface area (Å²) in [6.07, 6.45) is 2.41. The van der Waals surface area contributed by atoms with E-state index in [9.17, 15) is 30.7 Å². The molecule has 5 N–H and O–H groups in total. The van der Waals surface area contributed by atoms with Gasteiger partial charge in [-0.2, -0.15) is 16.8 Å². The van der Waals surface area contributed by atoms with Crippen molar-refractivity contribution in [1.82, 2.24) is 0 Å². The second-order valence-electron chi connectivity index (χ2n) is 7.03. The van der Waals surface area contributed by atoms with E-state index in [0.717, 1.165) is 13.0 Å². The summed E-state index contributed by atoms with van der Waals surface area (Å²) in [5.74, 6) is -0.0485. The molecule has 0 aliphatic rings. The molecule has 34 heavy (non-hydrogen) atoms. The molecule has 0 saturated heterocycles. The summed E-state index contributed by atoms with van der Waals surface area (Å²) in [6, 6.07) is 15.0. The lowest BCUT2D eigenvalue weighted by Gasteiger charge is -2.13. The summed E-state index contributed by atoms with van der Waals surface area (Å²) in [7, 11) is -9.55. The number of para-hydroxylation sites is 1. The van der Waals surface area contributed by atoms with Crippen LogP contribution in [0.2, 0.25) is 0 Å². The number of hydrogen-bond acceptors (Lipinski definition) is 7. The van der Waals surface area contributed by atoms with Crippen molar-refractivity contribution in [2.45, 2.75) is 16.7 Å². The molecule has 3 rings (SSSR count). The van der Waals surface area contributed by atoms with Crippen LogP contribution in [0, 0.1) is 0 Å². The molecule has 1 amide bonds. The van der Waals surface area contributed by atoms with E-state index >= 15 is 0 Å². The predicted octanol–water partition coefficient (Wildman–Crippen LogP) is 3.68. The van der Waals surface area contributed by atoms with E-state index in [4.69, 9.17) is 10.5 Å². The van der Waals surface area contributed by atoms with Crippen molar-refractivity contribution in [3.8, 4) is 11.5 Å². The Labute approximate surface area is 196 Å². The first-order valence-electron chi connectivity index (χ1n) is 9.56. The Morgan fingerprint density at radius 1 is 0.882 bits per heavy atom. The fraction of sp³-hybridized carbons (Fsp3) is 0.0455. The number of carbonyl (C=O) groups excluding carboxylic acids is 1. The lowest BCUT2D eigenvalue weighted by Crippen LogP contribution is -2.14. The summed E-state index contributed by atoms with van der Waals surface area (Å²) in [5, 5.41) is 2.26. The van der Waals surface area contributed by atoms with E-state index in [1.807, 2.05) is 0 Å².